The number of nitrogens with one attached hydrogen (secondary N) is 2. The van der Waals surface area contributed by atoms with Crippen LogP contribution in [0.4, 0.5) is 17.5 Å². The van der Waals surface area contributed by atoms with Crippen molar-refractivity contribution in [2.45, 2.75) is 44.4 Å². The number of benzene rings is 1. The van der Waals surface area contributed by atoms with Crippen LogP contribution in [0.15, 0.2) is 36.4 Å². The molecule has 0 unspecified atom stereocenters. The summed E-state index contributed by atoms with van der Waals surface area (Å²) in [7, 11) is 0. The zero-order chi connectivity index (χ0) is 21.4. The Bertz CT molecular complexity index is 1110. The van der Waals surface area contributed by atoms with E-state index in [2.05, 4.69) is 20.7 Å². The van der Waals surface area contributed by atoms with Crippen LogP contribution in [0.25, 0.3) is 5.65 Å². The monoisotopic (exact) mass is 422 g/mol. The molecule has 162 valence electrons. The fourth-order valence-corrected chi connectivity index (χ4v) is 4.39. The molecule has 1 fully saturated rings. The second kappa shape index (κ2) is 8.16. The van der Waals surface area contributed by atoms with Crippen LogP contribution in [0.3, 0.4) is 0 Å². The summed E-state index contributed by atoms with van der Waals surface area (Å²) < 4.78 is 1.78. The average molecular weight is 422 g/mol. The van der Waals surface area contributed by atoms with E-state index < -0.39 is 0 Å². The molecule has 1 aliphatic carbocycles. The van der Waals surface area contributed by atoms with Gasteiger partial charge in [-0.1, -0.05) is 6.07 Å². The van der Waals surface area contributed by atoms with E-state index in [9.17, 15) is 9.90 Å². The summed E-state index contributed by atoms with van der Waals surface area (Å²) >= 11 is 0. The first-order valence-corrected chi connectivity index (χ1v) is 10.7. The molecule has 9 nitrogen and oxygen atoms in total. The third kappa shape index (κ3) is 3.94. The van der Waals surface area contributed by atoms with Crippen molar-refractivity contribution in [2.75, 3.05) is 23.8 Å². The number of rotatable bonds is 6. The molecule has 5 rings (SSSR count). The molecule has 1 saturated carbocycles. The number of nitrogens with zero attached hydrogens (tertiary/aromatic N) is 4. The van der Waals surface area contributed by atoms with Crippen LogP contribution in [0.5, 0.6) is 0 Å². The summed E-state index contributed by atoms with van der Waals surface area (Å²) in [6.45, 7) is 0.779. The Kier molecular flexibility index (Phi) is 5.21. The fourth-order valence-electron chi connectivity index (χ4n) is 4.39. The number of hydrogen-bond donors (Lipinski definition) is 4. The Balaban J connectivity index is 1.34. The van der Waals surface area contributed by atoms with E-state index in [-0.39, 0.29) is 18.6 Å². The van der Waals surface area contributed by atoms with Gasteiger partial charge in [-0.05, 0) is 61.6 Å². The number of β-amino-alcohol motifs (C(OH)–C–C–N with tert-alkyl or cyclic N) is 1. The van der Waals surface area contributed by atoms with Gasteiger partial charge in [-0.3, -0.25) is 4.79 Å². The number of hydrogen-bond acceptors (Lipinski definition) is 7. The maximum Gasteiger partial charge on any atom is 0.254 e. The van der Waals surface area contributed by atoms with Gasteiger partial charge in [0.05, 0.1) is 12.7 Å². The van der Waals surface area contributed by atoms with Crippen molar-refractivity contribution >= 4 is 29.0 Å². The van der Waals surface area contributed by atoms with Crippen molar-refractivity contribution in [3.05, 3.63) is 47.5 Å². The SMILES string of the molecule is O=C1c2ccc(Nc3nc4cccc(N[C@H]5CC[C@@H](O)CC5)n4n3)cc2CN1CCO. The van der Waals surface area contributed by atoms with E-state index in [1.807, 2.05) is 30.3 Å². The van der Waals surface area contributed by atoms with Gasteiger partial charge in [0.15, 0.2) is 5.65 Å². The van der Waals surface area contributed by atoms with Crippen molar-refractivity contribution in [2.24, 2.45) is 0 Å². The van der Waals surface area contributed by atoms with Crippen LogP contribution in [0, 0.1) is 0 Å². The van der Waals surface area contributed by atoms with Crippen LogP contribution in [-0.4, -0.2) is 60.9 Å². The van der Waals surface area contributed by atoms with Gasteiger partial charge in [0.1, 0.15) is 5.82 Å². The summed E-state index contributed by atoms with van der Waals surface area (Å²) in [6.07, 6.45) is 3.30. The zero-order valence-corrected chi connectivity index (χ0v) is 17.2. The molecular weight excluding hydrogens is 396 g/mol. The van der Waals surface area contributed by atoms with Gasteiger partial charge in [-0.25, -0.2) is 0 Å². The Morgan fingerprint density at radius 1 is 1.13 bits per heavy atom. The number of carbonyl (C=O) groups is 1. The van der Waals surface area contributed by atoms with Gasteiger partial charge in [0.2, 0.25) is 5.95 Å². The molecule has 0 saturated heterocycles. The first-order valence-electron chi connectivity index (χ1n) is 10.7. The lowest BCUT2D eigenvalue weighted by atomic mass is 9.93. The minimum atomic E-state index is -0.186. The Morgan fingerprint density at radius 2 is 1.97 bits per heavy atom. The minimum absolute atomic E-state index is 0.0478. The number of aliphatic hydroxyl groups excluding tert-OH is 2. The molecule has 1 aromatic carbocycles. The van der Waals surface area contributed by atoms with Crippen LogP contribution in [0.2, 0.25) is 0 Å². The van der Waals surface area contributed by atoms with Gasteiger partial charge in [-0.2, -0.15) is 9.50 Å². The fraction of sp³-hybridized carbons (Fsp3) is 0.409. The van der Waals surface area contributed by atoms with Gasteiger partial charge in [-0.15, -0.1) is 5.10 Å². The highest BCUT2D eigenvalue weighted by Gasteiger charge is 2.27. The summed E-state index contributed by atoms with van der Waals surface area (Å²) in [5.41, 5.74) is 3.14. The molecule has 0 spiro atoms. The second-order valence-corrected chi connectivity index (χ2v) is 8.21. The first-order chi connectivity index (χ1) is 15.1. The molecule has 3 heterocycles. The molecule has 1 amide bonds. The van der Waals surface area contributed by atoms with Crippen LogP contribution >= 0.6 is 0 Å². The Hall–Kier alpha value is -3.17. The Labute approximate surface area is 179 Å². The van der Waals surface area contributed by atoms with Gasteiger partial charge in [0, 0.05) is 30.4 Å². The van der Waals surface area contributed by atoms with E-state index in [0.29, 0.717) is 30.6 Å². The van der Waals surface area contributed by atoms with E-state index in [4.69, 9.17) is 5.11 Å². The molecule has 0 radical (unpaired) electrons. The van der Waals surface area contributed by atoms with Crippen LogP contribution < -0.4 is 10.6 Å². The topological polar surface area (TPSA) is 115 Å². The molecule has 2 aliphatic rings. The number of pyridine rings is 1. The normalized spacial score (nSPS) is 20.8. The number of aromatic nitrogens is 3. The molecule has 3 aromatic rings. The highest BCUT2D eigenvalue weighted by atomic mass is 16.3. The quantitative estimate of drug-likeness (QED) is 0.481. The number of amides is 1. The standard InChI is InChI=1S/C22H26N6O3/c29-11-10-27-13-14-12-16(6-9-18(14)21(27)31)24-22-25-20-3-1-2-19(28(20)26-22)23-15-4-7-17(30)8-5-15/h1-3,6,9,12,15,17,23,29-30H,4-5,7-8,10-11,13H2,(H,24,26)/t15-,17+. The van der Waals surface area contributed by atoms with Crippen LogP contribution in [-0.2, 0) is 6.54 Å². The maximum absolute atomic E-state index is 12.3. The number of fused-ring (bicyclic) bond motifs is 2. The highest BCUT2D eigenvalue weighted by Crippen LogP contribution is 2.27. The number of anilines is 3. The predicted molar refractivity (Wildman–Crippen MR) is 116 cm³/mol. The van der Waals surface area contributed by atoms with Crippen molar-refractivity contribution in [1.29, 1.82) is 0 Å². The number of carbonyl (C=O) groups excluding carboxylic acids is 1. The zero-order valence-electron chi connectivity index (χ0n) is 17.2. The lowest BCUT2D eigenvalue weighted by molar-refractivity contribution is 0.0745. The third-order valence-electron chi connectivity index (χ3n) is 6.02. The molecule has 1 aliphatic heterocycles. The summed E-state index contributed by atoms with van der Waals surface area (Å²) in [5, 5.41) is 30.3. The smallest absolute Gasteiger partial charge is 0.254 e. The first kappa shape index (κ1) is 19.8. The second-order valence-electron chi connectivity index (χ2n) is 8.21. The molecule has 9 heteroatoms. The predicted octanol–water partition coefficient (Wildman–Crippen LogP) is 2.14. The summed E-state index contributed by atoms with van der Waals surface area (Å²) in [6, 6.07) is 11.7. The van der Waals surface area contributed by atoms with Gasteiger partial charge < -0.3 is 25.7 Å². The highest BCUT2D eigenvalue weighted by molar-refractivity contribution is 5.98. The molecule has 4 N–H and O–H groups in total. The van der Waals surface area contributed by atoms with Gasteiger partial charge >= 0.3 is 0 Å². The third-order valence-corrected chi connectivity index (χ3v) is 6.02. The summed E-state index contributed by atoms with van der Waals surface area (Å²) in [5.74, 6) is 1.30. The molecule has 31 heavy (non-hydrogen) atoms. The summed E-state index contributed by atoms with van der Waals surface area (Å²) in [4.78, 5) is 18.6. The molecule has 0 bridgehead atoms. The average Bonchev–Trinajstić information content (AvgIpc) is 3.31. The van der Waals surface area contributed by atoms with Crippen molar-refractivity contribution in [3.8, 4) is 0 Å². The largest absolute Gasteiger partial charge is 0.395 e. The molecular formula is C22H26N6O3. The molecule has 2 aromatic heterocycles. The van der Waals surface area contributed by atoms with Crippen molar-refractivity contribution in [3.63, 3.8) is 0 Å². The lowest BCUT2D eigenvalue weighted by Gasteiger charge is -2.26. The lowest BCUT2D eigenvalue weighted by Crippen LogP contribution is -2.29. The number of aliphatic hydroxyl groups is 2. The van der Waals surface area contributed by atoms with Crippen molar-refractivity contribution in [1.82, 2.24) is 19.5 Å². The maximum atomic E-state index is 12.3. The van der Waals surface area contributed by atoms with Gasteiger partial charge in [0.25, 0.3) is 5.91 Å². The van der Waals surface area contributed by atoms with E-state index in [1.54, 1.807) is 15.5 Å². The van der Waals surface area contributed by atoms with Crippen molar-refractivity contribution < 1.29 is 15.0 Å². The Morgan fingerprint density at radius 3 is 2.77 bits per heavy atom. The van der Waals surface area contributed by atoms with Crippen LogP contribution in [0.1, 0.15) is 41.6 Å². The van der Waals surface area contributed by atoms with E-state index >= 15 is 0 Å². The van der Waals surface area contributed by atoms with E-state index in [1.165, 1.54) is 0 Å². The molecule has 0 atom stereocenters. The minimum Gasteiger partial charge on any atom is -0.395 e. The van der Waals surface area contributed by atoms with E-state index in [0.717, 1.165) is 48.4 Å².